The van der Waals surface area contributed by atoms with Crippen LogP contribution >= 0.6 is 0 Å². The summed E-state index contributed by atoms with van der Waals surface area (Å²) >= 11 is 0. The van der Waals surface area contributed by atoms with Crippen molar-refractivity contribution < 1.29 is 14.4 Å². The molecule has 0 aromatic heterocycles. The Bertz CT molecular complexity index is 685. The third-order valence-electron chi connectivity index (χ3n) is 3.10. The van der Waals surface area contributed by atoms with Crippen molar-refractivity contribution in [1.82, 2.24) is 0 Å². The van der Waals surface area contributed by atoms with Gasteiger partial charge in [0, 0.05) is 22.4 Å². The van der Waals surface area contributed by atoms with Crippen molar-refractivity contribution in [2.24, 2.45) is 0 Å². The number of Topliss-reactive ketones (excluding diaryl/α,β-unsaturated/α-hetero) is 2. The van der Waals surface area contributed by atoms with Gasteiger partial charge in [-0.25, -0.2) is 0 Å². The first-order valence-electron chi connectivity index (χ1n) is 6.51. The molecule has 0 unspecified atom stereocenters. The Hall–Kier alpha value is -2.75. The van der Waals surface area contributed by atoms with Crippen LogP contribution in [0.15, 0.2) is 48.5 Å². The Kier molecular flexibility index (Phi) is 4.28. The van der Waals surface area contributed by atoms with Crippen molar-refractivity contribution in [1.29, 1.82) is 0 Å². The average molecular weight is 281 g/mol. The Morgan fingerprint density at radius 1 is 0.667 bits per heavy atom. The fourth-order valence-electron chi connectivity index (χ4n) is 1.85. The van der Waals surface area contributed by atoms with E-state index in [2.05, 4.69) is 5.32 Å². The molecule has 1 amide bonds. The molecule has 0 radical (unpaired) electrons. The molecule has 0 aliphatic carbocycles. The van der Waals surface area contributed by atoms with Crippen LogP contribution in [-0.2, 0) is 0 Å². The maximum absolute atomic E-state index is 12.1. The second-order valence-corrected chi connectivity index (χ2v) is 4.72. The number of nitrogens with one attached hydrogen (secondary N) is 1. The summed E-state index contributed by atoms with van der Waals surface area (Å²) in [4.78, 5) is 34.4. The molecule has 2 aromatic carbocycles. The lowest BCUT2D eigenvalue weighted by Gasteiger charge is -2.06. The van der Waals surface area contributed by atoms with Crippen molar-refractivity contribution in [3.05, 3.63) is 65.2 Å². The van der Waals surface area contributed by atoms with Crippen molar-refractivity contribution in [3.63, 3.8) is 0 Å². The number of benzene rings is 2. The molecule has 2 rings (SSSR count). The highest BCUT2D eigenvalue weighted by atomic mass is 16.1. The minimum absolute atomic E-state index is 0.0206. The summed E-state index contributed by atoms with van der Waals surface area (Å²) in [6, 6.07) is 13.1. The quantitative estimate of drug-likeness (QED) is 0.874. The number of amides is 1. The van der Waals surface area contributed by atoms with Crippen molar-refractivity contribution >= 4 is 23.2 Å². The van der Waals surface area contributed by atoms with Gasteiger partial charge in [-0.3, -0.25) is 14.4 Å². The first-order chi connectivity index (χ1) is 9.97. The minimum Gasteiger partial charge on any atom is -0.322 e. The maximum atomic E-state index is 12.1. The van der Waals surface area contributed by atoms with E-state index in [9.17, 15) is 14.4 Å². The van der Waals surface area contributed by atoms with E-state index in [0.29, 0.717) is 22.4 Å². The monoisotopic (exact) mass is 281 g/mol. The van der Waals surface area contributed by atoms with Gasteiger partial charge in [0.25, 0.3) is 5.91 Å². The number of carbonyl (C=O) groups is 3. The standard InChI is InChI=1S/C17H15NO3/c1-11(19)13-3-5-15(6-4-13)17(21)18-16-9-7-14(8-10-16)12(2)20/h3-10H,1-2H3,(H,18,21). The average Bonchev–Trinajstić information content (AvgIpc) is 2.47. The molecule has 0 bridgehead atoms. The summed E-state index contributed by atoms with van der Waals surface area (Å²) in [7, 11) is 0. The second kappa shape index (κ2) is 6.13. The van der Waals surface area contributed by atoms with Crippen molar-refractivity contribution in [3.8, 4) is 0 Å². The van der Waals surface area contributed by atoms with Crippen LogP contribution in [0.4, 0.5) is 5.69 Å². The van der Waals surface area contributed by atoms with Crippen LogP contribution < -0.4 is 5.32 Å². The smallest absolute Gasteiger partial charge is 0.255 e. The van der Waals surface area contributed by atoms with Gasteiger partial charge in [-0.1, -0.05) is 12.1 Å². The molecule has 0 heterocycles. The lowest BCUT2D eigenvalue weighted by molar-refractivity contribution is 0.100. The topological polar surface area (TPSA) is 63.2 Å². The molecule has 0 fully saturated rings. The maximum Gasteiger partial charge on any atom is 0.255 e. The molecule has 21 heavy (non-hydrogen) atoms. The fraction of sp³-hybridized carbons (Fsp3) is 0.118. The Balaban J connectivity index is 2.10. The fourth-order valence-corrected chi connectivity index (χ4v) is 1.85. The molecule has 0 atom stereocenters. The van der Waals surface area contributed by atoms with E-state index in [1.54, 1.807) is 48.5 Å². The minimum atomic E-state index is -0.263. The van der Waals surface area contributed by atoms with Gasteiger partial charge in [-0.2, -0.15) is 0 Å². The van der Waals surface area contributed by atoms with E-state index in [1.807, 2.05) is 0 Å². The summed E-state index contributed by atoms with van der Waals surface area (Å²) in [6.45, 7) is 2.97. The highest BCUT2D eigenvalue weighted by Gasteiger charge is 2.07. The molecule has 4 nitrogen and oxygen atoms in total. The second-order valence-electron chi connectivity index (χ2n) is 4.72. The summed E-state index contributed by atoms with van der Waals surface area (Å²) in [5.41, 5.74) is 2.24. The van der Waals surface area contributed by atoms with Gasteiger partial charge in [0.05, 0.1) is 0 Å². The first-order valence-corrected chi connectivity index (χ1v) is 6.51. The van der Waals surface area contributed by atoms with Gasteiger partial charge in [0.15, 0.2) is 11.6 Å². The van der Waals surface area contributed by atoms with Crippen molar-refractivity contribution in [2.75, 3.05) is 5.32 Å². The zero-order valence-corrected chi connectivity index (χ0v) is 11.8. The molecular weight excluding hydrogens is 266 g/mol. The first kappa shape index (κ1) is 14.7. The van der Waals surface area contributed by atoms with Crippen LogP contribution in [0.2, 0.25) is 0 Å². The van der Waals surface area contributed by atoms with E-state index < -0.39 is 0 Å². The van der Waals surface area contributed by atoms with Crippen LogP contribution in [0.25, 0.3) is 0 Å². The zero-order chi connectivity index (χ0) is 15.4. The third kappa shape index (κ3) is 3.63. The van der Waals surface area contributed by atoms with Crippen LogP contribution in [0.3, 0.4) is 0 Å². The number of hydrogen-bond donors (Lipinski definition) is 1. The molecular formula is C17H15NO3. The van der Waals surface area contributed by atoms with E-state index in [1.165, 1.54) is 13.8 Å². The molecule has 0 aliphatic rings. The van der Waals surface area contributed by atoms with Crippen LogP contribution in [0.1, 0.15) is 44.9 Å². The Morgan fingerprint density at radius 2 is 1.05 bits per heavy atom. The van der Waals surface area contributed by atoms with E-state index >= 15 is 0 Å². The van der Waals surface area contributed by atoms with Gasteiger partial charge < -0.3 is 5.32 Å². The lowest BCUT2D eigenvalue weighted by Crippen LogP contribution is -2.12. The number of carbonyl (C=O) groups excluding carboxylic acids is 3. The lowest BCUT2D eigenvalue weighted by atomic mass is 10.1. The highest BCUT2D eigenvalue weighted by Crippen LogP contribution is 2.12. The molecule has 0 aliphatic heterocycles. The molecule has 0 saturated heterocycles. The number of ketones is 2. The number of rotatable bonds is 4. The van der Waals surface area contributed by atoms with E-state index in [0.717, 1.165) is 0 Å². The molecule has 106 valence electrons. The molecule has 0 saturated carbocycles. The molecule has 4 heteroatoms. The van der Waals surface area contributed by atoms with Gasteiger partial charge in [-0.05, 0) is 50.2 Å². The Morgan fingerprint density at radius 3 is 1.48 bits per heavy atom. The van der Waals surface area contributed by atoms with Crippen LogP contribution in [0.5, 0.6) is 0 Å². The van der Waals surface area contributed by atoms with Gasteiger partial charge in [0.2, 0.25) is 0 Å². The largest absolute Gasteiger partial charge is 0.322 e. The predicted octanol–water partition coefficient (Wildman–Crippen LogP) is 3.34. The molecule has 2 aromatic rings. The summed E-state index contributed by atoms with van der Waals surface area (Å²) in [5.74, 6) is -0.324. The van der Waals surface area contributed by atoms with Gasteiger partial charge in [0.1, 0.15) is 0 Å². The van der Waals surface area contributed by atoms with E-state index in [4.69, 9.17) is 0 Å². The molecule has 1 N–H and O–H groups in total. The van der Waals surface area contributed by atoms with Crippen LogP contribution in [0, 0.1) is 0 Å². The van der Waals surface area contributed by atoms with Crippen LogP contribution in [-0.4, -0.2) is 17.5 Å². The third-order valence-corrected chi connectivity index (χ3v) is 3.10. The molecule has 0 spiro atoms. The summed E-state index contributed by atoms with van der Waals surface area (Å²) in [6.07, 6.45) is 0. The predicted molar refractivity (Wildman–Crippen MR) is 80.8 cm³/mol. The Labute approximate surface area is 122 Å². The number of anilines is 1. The van der Waals surface area contributed by atoms with E-state index in [-0.39, 0.29) is 17.5 Å². The van der Waals surface area contributed by atoms with Crippen molar-refractivity contribution in [2.45, 2.75) is 13.8 Å². The summed E-state index contributed by atoms with van der Waals surface area (Å²) in [5, 5.41) is 2.74. The van der Waals surface area contributed by atoms with Gasteiger partial charge >= 0.3 is 0 Å². The normalized spacial score (nSPS) is 10.0. The highest BCUT2D eigenvalue weighted by molar-refractivity contribution is 6.05. The summed E-state index contributed by atoms with van der Waals surface area (Å²) < 4.78 is 0. The van der Waals surface area contributed by atoms with Gasteiger partial charge in [-0.15, -0.1) is 0 Å². The number of hydrogen-bond acceptors (Lipinski definition) is 3. The SMILES string of the molecule is CC(=O)c1ccc(NC(=O)c2ccc(C(C)=O)cc2)cc1. The zero-order valence-electron chi connectivity index (χ0n) is 11.8.